The van der Waals surface area contributed by atoms with Gasteiger partial charge in [0, 0.05) is 13.0 Å². The van der Waals surface area contributed by atoms with Crippen LogP contribution >= 0.6 is 0 Å². The average Bonchev–Trinajstić information content (AvgIpc) is 2.51. The van der Waals surface area contributed by atoms with Gasteiger partial charge in [-0.05, 0) is 6.42 Å². The Labute approximate surface area is 82.3 Å². The molecule has 0 unspecified atom stereocenters. The molecule has 0 saturated carbocycles. The fourth-order valence-corrected chi connectivity index (χ4v) is 1.70. The molecule has 1 rings (SSSR count). The molecule has 0 radical (unpaired) electrons. The maximum absolute atomic E-state index is 11.4. The standard InChI is InChI=1S/C9H15NO4/c1-2-7(5-11)10-4-6(9(13)14)3-8(10)12/h6-7,11H,2-5H2,1H3,(H,13,14)/t6-,7-/m0/s1. The number of aliphatic carboxylic acids is 1. The second-order valence-corrected chi connectivity index (χ2v) is 3.53. The second-order valence-electron chi connectivity index (χ2n) is 3.53. The minimum Gasteiger partial charge on any atom is -0.481 e. The van der Waals surface area contributed by atoms with Gasteiger partial charge in [-0.3, -0.25) is 9.59 Å². The van der Waals surface area contributed by atoms with Crippen molar-refractivity contribution < 1.29 is 19.8 Å². The predicted octanol–water partition coefficient (Wildman–Crippen LogP) is -0.310. The molecule has 0 aromatic carbocycles. The Bertz CT molecular complexity index is 237. The summed E-state index contributed by atoms with van der Waals surface area (Å²) in [5.74, 6) is -1.71. The molecular formula is C9H15NO4. The van der Waals surface area contributed by atoms with Gasteiger partial charge in [-0.2, -0.15) is 0 Å². The fraction of sp³-hybridized carbons (Fsp3) is 0.778. The van der Waals surface area contributed by atoms with Crippen molar-refractivity contribution in [2.24, 2.45) is 5.92 Å². The monoisotopic (exact) mass is 201 g/mol. The van der Waals surface area contributed by atoms with E-state index >= 15 is 0 Å². The minimum absolute atomic E-state index is 0.0613. The van der Waals surface area contributed by atoms with Crippen LogP contribution in [0.1, 0.15) is 19.8 Å². The number of hydrogen-bond acceptors (Lipinski definition) is 3. The van der Waals surface area contributed by atoms with Gasteiger partial charge in [0.15, 0.2) is 0 Å². The zero-order chi connectivity index (χ0) is 10.7. The van der Waals surface area contributed by atoms with E-state index in [-0.39, 0.29) is 31.5 Å². The highest BCUT2D eigenvalue weighted by Gasteiger charge is 2.36. The van der Waals surface area contributed by atoms with E-state index in [4.69, 9.17) is 10.2 Å². The Morgan fingerprint density at radius 2 is 2.36 bits per heavy atom. The van der Waals surface area contributed by atoms with Gasteiger partial charge in [-0.15, -0.1) is 0 Å². The normalized spacial score (nSPS) is 24.0. The van der Waals surface area contributed by atoms with E-state index in [1.165, 1.54) is 4.90 Å². The third-order valence-corrected chi connectivity index (χ3v) is 2.63. The van der Waals surface area contributed by atoms with Crippen LogP contribution in [-0.4, -0.2) is 46.2 Å². The first-order valence-electron chi connectivity index (χ1n) is 4.73. The quantitative estimate of drug-likeness (QED) is 0.654. The van der Waals surface area contributed by atoms with Gasteiger partial charge in [0.25, 0.3) is 0 Å². The third-order valence-electron chi connectivity index (χ3n) is 2.63. The Morgan fingerprint density at radius 3 is 2.71 bits per heavy atom. The van der Waals surface area contributed by atoms with Crippen LogP contribution in [0.15, 0.2) is 0 Å². The number of rotatable bonds is 4. The summed E-state index contributed by atoms with van der Waals surface area (Å²) in [7, 11) is 0. The molecule has 0 spiro atoms. The molecule has 5 heteroatoms. The van der Waals surface area contributed by atoms with E-state index in [0.29, 0.717) is 6.42 Å². The van der Waals surface area contributed by atoms with Gasteiger partial charge in [0.2, 0.25) is 5.91 Å². The Kier molecular flexibility index (Phi) is 3.46. The highest BCUT2D eigenvalue weighted by Crippen LogP contribution is 2.21. The maximum Gasteiger partial charge on any atom is 0.308 e. The average molecular weight is 201 g/mol. The van der Waals surface area contributed by atoms with Gasteiger partial charge < -0.3 is 15.1 Å². The predicted molar refractivity (Wildman–Crippen MR) is 48.6 cm³/mol. The zero-order valence-electron chi connectivity index (χ0n) is 8.14. The van der Waals surface area contributed by atoms with Crippen molar-refractivity contribution in [2.45, 2.75) is 25.8 Å². The highest BCUT2D eigenvalue weighted by molar-refractivity contribution is 5.86. The topological polar surface area (TPSA) is 77.8 Å². The van der Waals surface area contributed by atoms with Gasteiger partial charge in [-0.1, -0.05) is 6.92 Å². The molecule has 1 aliphatic rings. The maximum atomic E-state index is 11.4. The number of nitrogens with zero attached hydrogens (tertiary/aromatic N) is 1. The molecule has 0 bridgehead atoms. The van der Waals surface area contributed by atoms with Crippen molar-refractivity contribution in [3.63, 3.8) is 0 Å². The molecule has 1 heterocycles. The number of carboxylic acids is 1. The van der Waals surface area contributed by atoms with Crippen LogP contribution < -0.4 is 0 Å². The molecule has 1 amide bonds. The summed E-state index contributed by atoms with van der Waals surface area (Å²) in [6.07, 6.45) is 0.709. The van der Waals surface area contributed by atoms with Gasteiger partial charge in [-0.25, -0.2) is 0 Å². The summed E-state index contributed by atoms with van der Waals surface area (Å²) in [4.78, 5) is 23.5. The van der Waals surface area contributed by atoms with Gasteiger partial charge >= 0.3 is 5.97 Å². The number of amides is 1. The van der Waals surface area contributed by atoms with Crippen molar-refractivity contribution in [3.8, 4) is 0 Å². The molecule has 1 fully saturated rings. The van der Waals surface area contributed by atoms with Gasteiger partial charge in [0.05, 0.1) is 18.6 Å². The first-order chi connectivity index (χ1) is 6.60. The van der Waals surface area contributed by atoms with Crippen LogP contribution in [0.25, 0.3) is 0 Å². The van der Waals surface area contributed by atoms with Crippen LogP contribution in [0.4, 0.5) is 0 Å². The molecule has 0 aromatic heterocycles. The number of carbonyl (C=O) groups is 2. The number of aliphatic hydroxyl groups is 1. The van der Waals surface area contributed by atoms with Crippen molar-refractivity contribution in [2.75, 3.05) is 13.2 Å². The van der Waals surface area contributed by atoms with E-state index in [1.54, 1.807) is 0 Å². The molecule has 2 N–H and O–H groups in total. The number of carbonyl (C=O) groups excluding carboxylic acids is 1. The second kappa shape index (κ2) is 4.41. The van der Waals surface area contributed by atoms with Gasteiger partial charge in [0.1, 0.15) is 0 Å². The molecule has 0 aromatic rings. The molecule has 5 nitrogen and oxygen atoms in total. The number of hydrogen-bond donors (Lipinski definition) is 2. The zero-order valence-corrected chi connectivity index (χ0v) is 8.14. The summed E-state index contributed by atoms with van der Waals surface area (Å²) in [6.45, 7) is 1.99. The molecule has 14 heavy (non-hydrogen) atoms. The molecule has 1 aliphatic heterocycles. The third kappa shape index (κ3) is 2.04. The van der Waals surface area contributed by atoms with Crippen LogP contribution in [-0.2, 0) is 9.59 Å². The highest BCUT2D eigenvalue weighted by atomic mass is 16.4. The number of likely N-dealkylation sites (tertiary alicyclic amines) is 1. The number of carboxylic acid groups (broad SMARTS) is 1. The summed E-state index contributed by atoms with van der Waals surface area (Å²) >= 11 is 0. The van der Waals surface area contributed by atoms with Crippen LogP contribution in [0.2, 0.25) is 0 Å². The summed E-state index contributed by atoms with van der Waals surface area (Å²) in [6, 6.07) is -0.230. The lowest BCUT2D eigenvalue weighted by Crippen LogP contribution is -2.39. The van der Waals surface area contributed by atoms with E-state index in [0.717, 1.165) is 0 Å². The van der Waals surface area contributed by atoms with Crippen molar-refractivity contribution in [3.05, 3.63) is 0 Å². The van der Waals surface area contributed by atoms with Crippen LogP contribution in [0.5, 0.6) is 0 Å². The molecule has 0 aliphatic carbocycles. The first-order valence-corrected chi connectivity index (χ1v) is 4.73. The summed E-state index contributed by atoms with van der Waals surface area (Å²) in [5.41, 5.74) is 0. The molecular weight excluding hydrogens is 186 g/mol. The van der Waals surface area contributed by atoms with Crippen molar-refractivity contribution in [1.29, 1.82) is 0 Å². The first kappa shape index (κ1) is 11.0. The van der Waals surface area contributed by atoms with E-state index in [2.05, 4.69) is 0 Å². The summed E-state index contributed by atoms with van der Waals surface area (Å²) in [5, 5.41) is 17.7. The van der Waals surface area contributed by atoms with E-state index in [1.807, 2.05) is 6.92 Å². The lowest BCUT2D eigenvalue weighted by Gasteiger charge is -2.24. The summed E-state index contributed by atoms with van der Waals surface area (Å²) < 4.78 is 0. The molecule has 2 atom stereocenters. The van der Waals surface area contributed by atoms with Crippen molar-refractivity contribution >= 4 is 11.9 Å². The number of aliphatic hydroxyl groups excluding tert-OH is 1. The Morgan fingerprint density at radius 1 is 1.71 bits per heavy atom. The largest absolute Gasteiger partial charge is 0.481 e. The van der Waals surface area contributed by atoms with Crippen molar-refractivity contribution in [1.82, 2.24) is 4.90 Å². The smallest absolute Gasteiger partial charge is 0.308 e. The molecule has 1 saturated heterocycles. The van der Waals surface area contributed by atoms with E-state index in [9.17, 15) is 9.59 Å². The Hall–Kier alpha value is -1.10. The lowest BCUT2D eigenvalue weighted by atomic mass is 10.1. The SMILES string of the molecule is CC[C@@H](CO)N1C[C@@H](C(=O)O)CC1=O. The molecule has 80 valence electrons. The van der Waals surface area contributed by atoms with Crippen LogP contribution in [0.3, 0.4) is 0 Å². The Balaban J connectivity index is 2.64. The van der Waals surface area contributed by atoms with Crippen LogP contribution in [0, 0.1) is 5.92 Å². The fourth-order valence-electron chi connectivity index (χ4n) is 1.70. The minimum atomic E-state index is -0.936. The lowest BCUT2D eigenvalue weighted by molar-refractivity contribution is -0.141. The van der Waals surface area contributed by atoms with E-state index < -0.39 is 11.9 Å².